The monoisotopic (exact) mass is 345 g/mol. The number of anilines is 1. The first-order chi connectivity index (χ1) is 11.9. The van der Waals surface area contributed by atoms with Crippen molar-refractivity contribution >= 4 is 23.5 Å². The number of rotatable bonds is 6. The molecule has 1 aliphatic rings. The zero-order chi connectivity index (χ0) is 18.4. The van der Waals surface area contributed by atoms with Crippen LogP contribution < -0.4 is 5.32 Å². The normalized spacial score (nSPS) is 20.0. The Hall–Kier alpha value is -2.70. The number of hydrogen-bond donors (Lipinski definition) is 2. The summed E-state index contributed by atoms with van der Waals surface area (Å²) in [6.07, 6.45) is 4.21. The van der Waals surface area contributed by atoms with Gasteiger partial charge in [-0.25, -0.2) is 0 Å². The molecule has 1 saturated heterocycles. The lowest BCUT2D eigenvalue weighted by Crippen LogP contribution is -2.49. The fourth-order valence-corrected chi connectivity index (χ4v) is 2.84. The molecule has 0 spiro atoms. The Labute approximate surface area is 146 Å². The van der Waals surface area contributed by atoms with Gasteiger partial charge in [-0.15, -0.1) is 6.58 Å². The third-order valence-electron chi connectivity index (χ3n) is 4.26. The lowest BCUT2D eigenvalue weighted by Gasteiger charge is -2.35. The van der Waals surface area contributed by atoms with Gasteiger partial charge in [0.15, 0.2) is 0 Å². The summed E-state index contributed by atoms with van der Waals surface area (Å²) in [5, 5.41) is 12.1. The highest BCUT2D eigenvalue weighted by molar-refractivity contribution is 5.93. The second-order valence-corrected chi connectivity index (χ2v) is 6.27. The fraction of sp³-hybridized carbons (Fsp3) is 0.444. The molecule has 1 aromatic heterocycles. The van der Waals surface area contributed by atoms with Gasteiger partial charge in [0, 0.05) is 25.2 Å². The first kappa shape index (κ1) is 18.6. The first-order valence-corrected chi connectivity index (χ1v) is 8.25. The predicted octanol–water partition coefficient (Wildman–Crippen LogP) is 1.84. The fourth-order valence-electron chi connectivity index (χ4n) is 2.84. The molecule has 2 amide bonds. The van der Waals surface area contributed by atoms with Crippen molar-refractivity contribution in [1.82, 2.24) is 9.88 Å². The van der Waals surface area contributed by atoms with E-state index < -0.39 is 17.8 Å². The molecular weight excluding hydrogens is 322 g/mol. The molecule has 2 heterocycles. The lowest BCUT2D eigenvalue weighted by atomic mass is 9.88. The third kappa shape index (κ3) is 5.14. The molecule has 1 aliphatic heterocycles. The van der Waals surface area contributed by atoms with E-state index in [0.717, 1.165) is 5.69 Å². The van der Waals surface area contributed by atoms with Crippen molar-refractivity contribution in [3.63, 3.8) is 0 Å². The first-order valence-electron chi connectivity index (χ1n) is 8.25. The maximum absolute atomic E-state index is 12.5. The van der Waals surface area contributed by atoms with Crippen molar-refractivity contribution in [1.29, 1.82) is 0 Å². The Morgan fingerprint density at radius 1 is 1.36 bits per heavy atom. The van der Waals surface area contributed by atoms with Crippen LogP contribution in [0.4, 0.5) is 5.69 Å². The molecule has 134 valence electrons. The average Bonchev–Trinajstić information content (AvgIpc) is 2.61. The molecule has 7 nitrogen and oxygen atoms in total. The standard InChI is InChI=1S/C18H23N3O4/c1-3-4-5-16(22)21-10-13(8-14(11-21)18(24)25)17(23)20-15-7-6-12(2)19-9-15/h3,6-7,9,13-14H,1,4-5,8,10-11H2,2H3,(H,20,23)(H,24,25)/t13-,14+/m0/s1. The van der Waals surface area contributed by atoms with Gasteiger partial charge in [-0.3, -0.25) is 19.4 Å². The number of carbonyl (C=O) groups excluding carboxylic acids is 2. The van der Waals surface area contributed by atoms with Gasteiger partial charge in [0.05, 0.1) is 23.7 Å². The van der Waals surface area contributed by atoms with Crippen LogP contribution in [0.5, 0.6) is 0 Å². The van der Waals surface area contributed by atoms with Crippen LogP contribution in [0.15, 0.2) is 31.0 Å². The van der Waals surface area contributed by atoms with E-state index in [1.165, 1.54) is 4.90 Å². The van der Waals surface area contributed by atoms with E-state index >= 15 is 0 Å². The highest BCUT2D eigenvalue weighted by atomic mass is 16.4. The molecule has 0 aliphatic carbocycles. The Balaban J connectivity index is 2.07. The van der Waals surface area contributed by atoms with Crippen LogP contribution >= 0.6 is 0 Å². The summed E-state index contributed by atoms with van der Waals surface area (Å²) in [4.78, 5) is 41.7. The minimum absolute atomic E-state index is 0.140. The van der Waals surface area contributed by atoms with Gasteiger partial charge in [-0.2, -0.15) is 0 Å². The van der Waals surface area contributed by atoms with Crippen molar-refractivity contribution in [2.75, 3.05) is 18.4 Å². The van der Waals surface area contributed by atoms with Crippen LogP contribution in [-0.2, 0) is 14.4 Å². The van der Waals surface area contributed by atoms with Crippen LogP contribution in [0.1, 0.15) is 25.0 Å². The molecule has 0 bridgehead atoms. The number of aliphatic carboxylic acids is 1. The molecule has 7 heteroatoms. The molecular formula is C18H23N3O4. The summed E-state index contributed by atoms with van der Waals surface area (Å²) >= 11 is 0. The molecule has 2 atom stereocenters. The number of aryl methyl sites for hydroxylation is 1. The number of nitrogens with zero attached hydrogens (tertiary/aromatic N) is 2. The second kappa shape index (κ2) is 8.41. The van der Waals surface area contributed by atoms with Gasteiger partial charge in [0.1, 0.15) is 0 Å². The van der Waals surface area contributed by atoms with Crippen LogP contribution in [0, 0.1) is 18.8 Å². The molecule has 2 N–H and O–H groups in total. The Morgan fingerprint density at radius 2 is 2.08 bits per heavy atom. The van der Waals surface area contributed by atoms with Gasteiger partial charge >= 0.3 is 5.97 Å². The maximum Gasteiger partial charge on any atom is 0.308 e. The highest BCUT2D eigenvalue weighted by Crippen LogP contribution is 2.24. The third-order valence-corrected chi connectivity index (χ3v) is 4.26. The van der Waals surface area contributed by atoms with Crippen molar-refractivity contribution in [3.8, 4) is 0 Å². The van der Waals surface area contributed by atoms with E-state index in [9.17, 15) is 19.5 Å². The summed E-state index contributed by atoms with van der Waals surface area (Å²) in [6.45, 7) is 5.79. The molecule has 25 heavy (non-hydrogen) atoms. The van der Waals surface area contributed by atoms with Gasteiger partial charge < -0.3 is 15.3 Å². The van der Waals surface area contributed by atoms with Crippen LogP contribution in [0.2, 0.25) is 0 Å². The quantitative estimate of drug-likeness (QED) is 0.767. The molecule has 1 aromatic rings. The number of likely N-dealkylation sites (tertiary alicyclic amines) is 1. The van der Waals surface area contributed by atoms with E-state index in [1.54, 1.807) is 24.4 Å². The smallest absolute Gasteiger partial charge is 0.308 e. The largest absolute Gasteiger partial charge is 0.481 e. The molecule has 0 saturated carbocycles. The topological polar surface area (TPSA) is 99.6 Å². The van der Waals surface area contributed by atoms with E-state index in [1.807, 2.05) is 6.92 Å². The zero-order valence-electron chi connectivity index (χ0n) is 14.3. The number of aromatic nitrogens is 1. The number of amides is 2. The Bertz CT molecular complexity index is 657. The molecule has 2 rings (SSSR count). The van der Waals surface area contributed by atoms with E-state index in [2.05, 4.69) is 16.9 Å². The maximum atomic E-state index is 12.5. The molecule has 1 fully saturated rings. The number of carbonyl (C=O) groups is 3. The van der Waals surface area contributed by atoms with Crippen LogP contribution in [0.3, 0.4) is 0 Å². The number of hydrogen-bond acceptors (Lipinski definition) is 4. The van der Waals surface area contributed by atoms with Gasteiger partial charge in [0.2, 0.25) is 11.8 Å². The van der Waals surface area contributed by atoms with Crippen molar-refractivity contribution < 1.29 is 19.5 Å². The van der Waals surface area contributed by atoms with E-state index in [-0.39, 0.29) is 37.7 Å². The van der Waals surface area contributed by atoms with Gasteiger partial charge in [0.25, 0.3) is 0 Å². The van der Waals surface area contributed by atoms with Crippen LogP contribution in [0.25, 0.3) is 0 Å². The number of carboxylic acid groups (broad SMARTS) is 1. The minimum Gasteiger partial charge on any atom is -0.481 e. The number of piperidine rings is 1. The van der Waals surface area contributed by atoms with E-state index in [4.69, 9.17) is 0 Å². The molecule has 0 unspecified atom stereocenters. The van der Waals surface area contributed by atoms with Gasteiger partial charge in [-0.05, 0) is 31.9 Å². The minimum atomic E-state index is -0.990. The number of pyridine rings is 1. The SMILES string of the molecule is C=CCCC(=O)N1C[C@H](C(=O)O)C[C@H](C(=O)Nc2ccc(C)nc2)C1. The lowest BCUT2D eigenvalue weighted by molar-refractivity contribution is -0.147. The summed E-state index contributed by atoms with van der Waals surface area (Å²) in [5.74, 6) is -2.74. The second-order valence-electron chi connectivity index (χ2n) is 6.27. The van der Waals surface area contributed by atoms with Crippen molar-refractivity contribution in [2.45, 2.75) is 26.2 Å². The Kier molecular flexibility index (Phi) is 6.27. The van der Waals surface area contributed by atoms with Crippen molar-refractivity contribution in [3.05, 3.63) is 36.7 Å². The average molecular weight is 345 g/mol. The molecule has 0 aromatic carbocycles. The predicted molar refractivity (Wildman–Crippen MR) is 92.8 cm³/mol. The molecule has 0 radical (unpaired) electrons. The number of allylic oxidation sites excluding steroid dienone is 1. The summed E-state index contributed by atoms with van der Waals surface area (Å²) in [7, 11) is 0. The highest BCUT2D eigenvalue weighted by Gasteiger charge is 2.36. The zero-order valence-corrected chi connectivity index (χ0v) is 14.3. The number of nitrogens with one attached hydrogen (secondary N) is 1. The van der Waals surface area contributed by atoms with Gasteiger partial charge in [-0.1, -0.05) is 6.08 Å². The van der Waals surface area contributed by atoms with E-state index in [0.29, 0.717) is 12.1 Å². The summed E-state index contributed by atoms with van der Waals surface area (Å²) in [5.41, 5.74) is 1.39. The number of carboxylic acids is 1. The summed E-state index contributed by atoms with van der Waals surface area (Å²) in [6, 6.07) is 3.52. The Morgan fingerprint density at radius 3 is 2.68 bits per heavy atom. The van der Waals surface area contributed by atoms with Crippen molar-refractivity contribution in [2.24, 2.45) is 11.8 Å². The summed E-state index contributed by atoms with van der Waals surface area (Å²) < 4.78 is 0. The van der Waals surface area contributed by atoms with Crippen LogP contribution in [-0.4, -0.2) is 45.9 Å².